The van der Waals surface area contributed by atoms with Gasteiger partial charge >= 0.3 is 0 Å². The number of hydrogen-bond acceptors (Lipinski definition) is 6. The molecular weight excluding hydrogens is 392 g/mol. The standard InChI is InChI=1S/C24H32N4O3/c25-24(31)15-27-11-12-28(19-5-2-1-3-6-19)22-10-9-17(13-18(22)14-27)20-7-4-8-21(26-20)23(30)16-29/h4,7-10,13,19,23,29-30H,1-3,5-6,11-12,14-16H2,(H2,25,31). The van der Waals surface area contributed by atoms with E-state index in [4.69, 9.17) is 5.73 Å². The van der Waals surface area contributed by atoms with Gasteiger partial charge in [-0.2, -0.15) is 0 Å². The highest BCUT2D eigenvalue weighted by Crippen LogP contribution is 2.34. The van der Waals surface area contributed by atoms with Crippen molar-refractivity contribution in [1.82, 2.24) is 9.88 Å². The van der Waals surface area contributed by atoms with Crippen LogP contribution in [0.4, 0.5) is 5.69 Å². The molecule has 0 bridgehead atoms. The molecule has 2 aromatic rings. The molecule has 0 saturated heterocycles. The lowest BCUT2D eigenvalue weighted by Crippen LogP contribution is -2.41. The molecule has 1 aromatic heterocycles. The fourth-order valence-corrected chi connectivity index (χ4v) is 4.86. The smallest absolute Gasteiger partial charge is 0.231 e. The number of aliphatic hydroxyl groups is 2. The first-order chi connectivity index (χ1) is 15.0. The van der Waals surface area contributed by atoms with E-state index in [1.165, 1.54) is 37.8 Å². The van der Waals surface area contributed by atoms with E-state index in [1.54, 1.807) is 6.07 Å². The molecule has 2 aliphatic rings. The van der Waals surface area contributed by atoms with Crippen molar-refractivity contribution in [3.05, 3.63) is 47.7 Å². The maximum absolute atomic E-state index is 11.6. The molecular formula is C24H32N4O3. The van der Waals surface area contributed by atoms with E-state index >= 15 is 0 Å². The molecule has 7 heteroatoms. The number of benzene rings is 1. The largest absolute Gasteiger partial charge is 0.393 e. The molecule has 1 unspecified atom stereocenters. The van der Waals surface area contributed by atoms with Gasteiger partial charge in [-0.25, -0.2) is 4.98 Å². The topological polar surface area (TPSA) is 103 Å². The van der Waals surface area contributed by atoms with Gasteiger partial charge in [0.1, 0.15) is 6.10 Å². The van der Waals surface area contributed by atoms with Gasteiger partial charge in [-0.05, 0) is 42.7 Å². The Kier molecular flexibility index (Phi) is 6.85. The van der Waals surface area contributed by atoms with Gasteiger partial charge < -0.3 is 20.8 Å². The molecule has 4 N–H and O–H groups in total. The van der Waals surface area contributed by atoms with Gasteiger partial charge in [0.15, 0.2) is 0 Å². The number of hydrogen-bond donors (Lipinski definition) is 3. The minimum Gasteiger partial charge on any atom is -0.393 e. The van der Waals surface area contributed by atoms with Crippen molar-refractivity contribution in [2.45, 2.75) is 50.8 Å². The number of amides is 1. The zero-order valence-corrected chi connectivity index (χ0v) is 17.9. The number of fused-ring (bicyclic) bond motifs is 1. The van der Waals surface area contributed by atoms with Gasteiger partial charge in [-0.1, -0.05) is 31.4 Å². The molecule has 0 spiro atoms. The van der Waals surface area contributed by atoms with Crippen LogP contribution in [0.25, 0.3) is 11.3 Å². The van der Waals surface area contributed by atoms with E-state index in [2.05, 4.69) is 33.0 Å². The van der Waals surface area contributed by atoms with Crippen LogP contribution in [0.15, 0.2) is 36.4 Å². The van der Waals surface area contributed by atoms with Crippen molar-refractivity contribution >= 4 is 11.6 Å². The minimum atomic E-state index is -0.992. The first-order valence-corrected chi connectivity index (χ1v) is 11.2. The number of primary amides is 1. The van der Waals surface area contributed by atoms with Gasteiger partial charge in [-0.3, -0.25) is 9.69 Å². The Morgan fingerprint density at radius 2 is 1.97 bits per heavy atom. The second-order valence-corrected chi connectivity index (χ2v) is 8.65. The number of rotatable bonds is 6. The molecule has 4 rings (SSSR count). The van der Waals surface area contributed by atoms with E-state index < -0.39 is 6.10 Å². The van der Waals surface area contributed by atoms with Crippen LogP contribution in [0.5, 0.6) is 0 Å². The van der Waals surface area contributed by atoms with Gasteiger partial charge in [0.25, 0.3) is 0 Å². The zero-order valence-electron chi connectivity index (χ0n) is 17.9. The predicted molar refractivity (Wildman–Crippen MR) is 120 cm³/mol. The van der Waals surface area contributed by atoms with Gasteiger partial charge in [0.05, 0.1) is 24.5 Å². The predicted octanol–water partition coefficient (Wildman–Crippen LogP) is 2.21. The molecule has 1 aliphatic heterocycles. The molecule has 7 nitrogen and oxygen atoms in total. The van der Waals surface area contributed by atoms with E-state index in [1.807, 2.05) is 12.1 Å². The molecule has 1 saturated carbocycles. The number of nitrogens with zero attached hydrogens (tertiary/aromatic N) is 3. The molecule has 1 amide bonds. The van der Waals surface area contributed by atoms with Crippen LogP contribution in [-0.2, 0) is 11.3 Å². The number of anilines is 1. The Bertz CT molecular complexity index is 913. The van der Waals surface area contributed by atoms with E-state index in [9.17, 15) is 15.0 Å². The maximum atomic E-state index is 11.6. The Balaban J connectivity index is 1.69. The number of nitrogens with two attached hydrogens (primary N) is 1. The normalized spacial score (nSPS) is 19.0. The Labute approximate surface area is 183 Å². The summed E-state index contributed by atoms with van der Waals surface area (Å²) in [5.74, 6) is -0.309. The highest BCUT2D eigenvalue weighted by molar-refractivity contribution is 5.76. The van der Waals surface area contributed by atoms with Gasteiger partial charge in [0, 0.05) is 36.9 Å². The summed E-state index contributed by atoms with van der Waals surface area (Å²) in [4.78, 5) is 20.8. The first kappa shape index (κ1) is 21.7. The number of carbonyl (C=O) groups is 1. The average molecular weight is 425 g/mol. The van der Waals surface area contributed by atoms with Crippen molar-refractivity contribution < 1.29 is 15.0 Å². The van der Waals surface area contributed by atoms with Crippen molar-refractivity contribution in [3.63, 3.8) is 0 Å². The second-order valence-electron chi connectivity index (χ2n) is 8.65. The van der Waals surface area contributed by atoms with Crippen molar-refractivity contribution in [1.29, 1.82) is 0 Å². The van der Waals surface area contributed by atoms with Crippen LogP contribution < -0.4 is 10.6 Å². The van der Waals surface area contributed by atoms with Gasteiger partial charge in [0.2, 0.25) is 5.91 Å². The molecule has 0 radical (unpaired) electrons. The lowest BCUT2D eigenvalue weighted by molar-refractivity contribution is -0.119. The molecule has 166 valence electrons. The van der Waals surface area contributed by atoms with E-state index in [-0.39, 0.29) is 19.1 Å². The quantitative estimate of drug-likeness (QED) is 0.657. The summed E-state index contributed by atoms with van der Waals surface area (Å²) in [6, 6.07) is 12.4. The van der Waals surface area contributed by atoms with Crippen molar-refractivity contribution in [3.8, 4) is 11.3 Å². The molecule has 1 aliphatic carbocycles. The SMILES string of the molecule is NC(=O)CN1CCN(C2CCCCC2)c2ccc(-c3cccc(C(O)CO)n3)cc2C1. The summed E-state index contributed by atoms with van der Waals surface area (Å²) < 4.78 is 0. The summed E-state index contributed by atoms with van der Waals surface area (Å²) in [6.07, 6.45) is 5.27. The monoisotopic (exact) mass is 424 g/mol. The summed E-state index contributed by atoms with van der Waals surface area (Å²) >= 11 is 0. The van der Waals surface area contributed by atoms with Crippen LogP contribution in [-0.4, -0.2) is 58.3 Å². The fourth-order valence-electron chi connectivity index (χ4n) is 4.86. The fraction of sp³-hybridized carbons (Fsp3) is 0.500. The van der Waals surface area contributed by atoms with Crippen molar-refractivity contribution in [2.75, 3.05) is 31.1 Å². The third-order valence-corrected chi connectivity index (χ3v) is 6.42. The second kappa shape index (κ2) is 9.77. The maximum Gasteiger partial charge on any atom is 0.231 e. The third-order valence-electron chi connectivity index (χ3n) is 6.42. The highest BCUT2D eigenvalue weighted by atomic mass is 16.3. The Hall–Kier alpha value is -2.48. The Morgan fingerprint density at radius 3 is 2.71 bits per heavy atom. The third kappa shape index (κ3) is 5.06. The molecule has 1 aromatic carbocycles. The summed E-state index contributed by atoms with van der Waals surface area (Å²) in [7, 11) is 0. The molecule has 1 fully saturated rings. The summed E-state index contributed by atoms with van der Waals surface area (Å²) in [6.45, 7) is 2.24. The highest BCUT2D eigenvalue weighted by Gasteiger charge is 2.27. The van der Waals surface area contributed by atoms with Crippen LogP contribution in [0.3, 0.4) is 0 Å². The van der Waals surface area contributed by atoms with Crippen LogP contribution in [0, 0.1) is 0 Å². The Morgan fingerprint density at radius 1 is 1.16 bits per heavy atom. The van der Waals surface area contributed by atoms with E-state index in [0.717, 1.165) is 29.9 Å². The molecule has 1 atom stereocenters. The summed E-state index contributed by atoms with van der Waals surface area (Å²) in [5, 5.41) is 19.2. The van der Waals surface area contributed by atoms with Crippen LogP contribution in [0.1, 0.15) is 49.5 Å². The van der Waals surface area contributed by atoms with Gasteiger partial charge in [-0.15, -0.1) is 0 Å². The first-order valence-electron chi connectivity index (χ1n) is 11.2. The molecule has 2 heterocycles. The minimum absolute atomic E-state index is 0.249. The lowest BCUT2D eigenvalue weighted by Gasteiger charge is -2.36. The number of carbonyl (C=O) groups excluding carboxylic acids is 1. The number of pyridine rings is 1. The number of aromatic nitrogens is 1. The average Bonchev–Trinajstić information content (AvgIpc) is 2.97. The lowest BCUT2D eigenvalue weighted by atomic mass is 9.93. The van der Waals surface area contributed by atoms with Crippen LogP contribution >= 0.6 is 0 Å². The number of aliphatic hydroxyl groups excluding tert-OH is 2. The molecule has 31 heavy (non-hydrogen) atoms. The zero-order chi connectivity index (χ0) is 21.8. The van der Waals surface area contributed by atoms with E-state index in [0.29, 0.717) is 18.3 Å². The van der Waals surface area contributed by atoms with Crippen molar-refractivity contribution in [2.24, 2.45) is 5.73 Å². The van der Waals surface area contributed by atoms with Crippen LogP contribution in [0.2, 0.25) is 0 Å². The summed E-state index contributed by atoms with van der Waals surface area (Å²) in [5.41, 5.74) is 10.1.